The maximum Gasteiger partial charge on any atom is 0.164 e. The number of aromatic nitrogens is 6. The smallest absolute Gasteiger partial charge is 0.164 e. The van der Waals surface area contributed by atoms with Gasteiger partial charge in [-0.2, -0.15) is 5.10 Å². The molecule has 0 N–H and O–H groups in total. The van der Waals surface area contributed by atoms with E-state index in [4.69, 9.17) is 9.97 Å². The Morgan fingerprint density at radius 1 is 1.04 bits per heavy atom. The molecule has 0 bridgehead atoms. The number of benzene rings is 1. The van der Waals surface area contributed by atoms with Crippen LogP contribution in [0, 0.1) is 13.8 Å². The van der Waals surface area contributed by atoms with Crippen LogP contribution < -0.4 is 0 Å². The lowest BCUT2D eigenvalue weighted by molar-refractivity contribution is 0.740. The molecule has 27 heavy (non-hydrogen) atoms. The van der Waals surface area contributed by atoms with Gasteiger partial charge in [0.25, 0.3) is 0 Å². The van der Waals surface area contributed by atoms with Gasteiger partial charge in [0.05, 0.1) is 34.2 Å². The quantitative estimate of drug-likeness (QED) is 0.478. The summed E-state index contributed by atoms with van der Waals surface area (Å²) in [4.78, 5) is 14.1. The maximum atomic E-state index is 4.77. The molecule has 7 heteroatoms. The minimum atomic E-state index is 0.725. The van der Waals surface area contributed by atoms with Gasteiger partial charge in [-0.1, -0.05) is 6.07 Å². The molecule has 3 aromatic rings. The van der Waals surface area contributed by atoms with Gasteiger partial charge in [0.1, 0.15) is 10.7 Å². The number of hydrogen-bond acceptors (Lipinski definition) is 5. The molecular weight excluding hydrogens is 356 g/mol. The van der Waals surface area contributed by atoms with E-state index >= 15 is 0 Å². The number of imidazole rings is 1. The number of rotatable bonds is 3. The molecule has 4 heterocycles. The monoisotopic (exact) mass is 374 g/mol. The maximum absolute atomic E-state index is 4.77. The molecular formula is C20H18N6S. The Morgan fingerprint density at radius 2 is 1.89 bits per heavy atom. The summed E-state index contributed by atoms with van der Waals surface area (Å²) in [6.45, 7) is 4.84. The highest BCUT2D eigenvalue weighted by molar-refractivity contribution is 7.18. The van der Waals surface area contributed by atoms with Crippen molar-refractivity contribution >= 4 is 21.6 Å². The Bertz CT molecular complexity index is 1240. The summed E-state index contributed by atoms with van der Waals surface area (Å²) < 4.78 is 5.17. The van der Waals surface area contributed by atoms with Crippen molar-refractivity contribution in [3.05, 3.63) is 59.1 Å². The second-order valence-corrected chi connectivity index (χ2v) is 7.90. The molecule has 0 saturated carbocycles. The number of thiazole rings is 1. The molecule has 134 valence electrons. The summed E-state index contributed by atoms with van der Waals surface area (Å²) in [5.41, 5.74) is 6.11. The molecule has 2 aliphatic rings. The van der Waals surface area contributed by atoms with E-state index in [-0.39, 0.29) is 0 Å². The van der Waals surface area contributed by atoms with Crippen molar-refractivity contribution in [1.29, 1.82) is 0 Å². The van der Waals surface area contributed by atoms with Crippen LogP contribution in [0.4, 0.5) is 0 Å². The average Bonchev–Trinajstić information content (AvgIpc) is 3.32. The van der Waals surface area contributed by atoms with Crippen LogP contribution in [-0.2, 0) is 13.6 Å². The van der Waals surface area contributed by atoms with Gasteiger partial charge in [-0.05, 0) is 37.6 Å². The number of nitrogens with zero attached hydrogens (tertiary/aromatic N) is 6. The fraction of sp³-hybridized carbons (Fsp3) is 0.200. The van der Waals surface area contributed by atoms with Crippen molar-refractivity contribution in [3.8, 4) is 22.8 Å². The fourth-order valence-corrected chi connectivity index (χ4v) is 4.15. The summed E-state index contributed by atoms with van der Waals surface area (Å²) >= 11 is 1.73. The first-order valence-corrected chi connectivity index (χ1v) is 9.57. The van der Waals surface area contributed by atoms with Gasteiger partial charge in [0.2, 0.25) is 0 Å². The third kappa shape index (κ3) is 2.80. The fourth-order valence-electron chi connectivity index (χ4n) is 3.20. The minimum absolute atomic E-state index is 0.725. The van der Waals surface area contributed by atoms with Crippen LogP contribution in [0.15, 0.2) is 42.9 Å². The molecule has 0 amide bonds. The number of pyridine rings is 1. The molecule has 0 fully saturated rings. The Labute approximate surface area is 160 Å². The molecule has 2 aromatic heterocycles. The second kappa shape index (κ2) is 5.99. The summed E-state index contributed by atoms with van der Waals surface area (Å²) in [7, 11) is 1.93. The van der Waals surface area contributed by atoms with Crippen LogP contribution in [0.5, 0.6) is 0 Å². The highest BCUT2D eigenvalue weighted by Gasteiger charge is 2.16. The third-order valence-electron chi connectivity index (χ3n) is 4.81. The first-order chi connectivity index (χ1) is 13.1. The van der Waals surface area contributed by atoms with Crippen molar-refractivity contribution in [1.82, 2.24) is 29.3 Å². The SMILES string of the molecule is Cc1ccc2sc(Cn3ccc4nc(-c5cnn(C)c5C)nc-4c3)nc2c1. The Balaban J connectivity index is 1.49. The summed E-state index contributed by atoms with van der Waals surface area (Å²) in [5, 5.41) is 5.37. The second-order valence-electron chi connectivity index (χ2n) is 6.78. The topological polar surface area (TPSA) is 61.4 Å². The van der Waals surface area contributed by atoms with E-state index < -0.39 is 0 Å². The van der Waals surface area contributed by atoms with Gasteiger partial charge < -0.3 is 4.57 Å². The van der Waals surface area contributed by atoms with E-state index in [1.54, 1.807) is 11.3 Å². The lowest BCUT2D eigenvalue weighted by Gasteiger charge is -2.05. The zero-order valence-electron chi connectivity index (χ0n) is 15.3. The van der Waals surface area contributed by atoms with E-state index in [2.05, 4.69) is 39.8 Å². The van der Waals surface area contributed by atoms with Gasteiger partial charge in [0.15, 0.2) is 5.82 Å². The van der Waals surface area contributed by atoms with Crippen molar-refractivity contribution in [3.63, 3.8) is 0 Å². The Hall–Kier alpha value is -3.06. The van der Waals surface area contributed by atoms with E-state index in [1.807, 2.05) is 43.3 Å². The lowest BCUT2D eigenvalue weighted by atomic mass is 10.2. The van der Waals surface area contributed by atoms with Crippen molar-refractivity contribution < 1.29 is 0 Å². The van der Waals surface area contributed by atoms with Gasteiger partial charge >= 0.3 is 0 Å². The number of aryl methyl sites for hydroxylation is 2. The van der Waals surface area contributed by atoms with E-state index in [0.717, 1.165) is 45.5 Å². The van der Waals surface area contributed by atoms with Crippen molar-refractivity contribution in [2.24, 2.45) is 7.05 Å². The van der Waals surface area contributed by atoms with Crippen LogP contribution in [0.3, 0.4) is 0 Å². The van der Waals surface area contributed by atoms with E-state index in [1.165, 1.54) is 10.3 Å². The zero-order chi connectivity index (χ0) is 18.5. The predicted molar refractivity (Wildman–Crippen MR) is 107 cm³/mol. The highest BCUT2D eigenvalue weighted by atomic mass is 32.1. The number of fused-ring (bicyclic) bond motifs is 2. The summed E-state index contributed by atoms with van der Waals surface area (Å²) in [6, 6.07) is 8.42. The first-order valence-electron chi connectivity index (χ1n) is 8.75. The molecule has 0 atom stereocenters. The highest BCUT2D eigenvalue weighted by Crippen LogP contribution is 2.27. The van der Waals surface area contributed by atoms with E-state index in [0.29, 0.717) is 0 Å². The minimum Gasteiger partial charge on any atom is -0.345 e. The standard InChI is InChI=1S/C20H18N6S/c1-12-4-5-18-16(8-12)22-19(27-18)11-26-7-6-15-17(10-26)24-20(23-15)14-9-21-25(3)13(14)2/h4-10H,11H2,1-3H3. The zero-order valence-corrected chi connectivity index (χ0v) is 16.2. The van der Waals surface area contributed by atoms with Crippen LogP contribution in [-0.4, -0.2) is 29.3 Å². The molecule has 2 aliphatic heterocycles. The van der Waals surface area contributed by atoms with Crippen molar-refractivity contribution in [2.45, 2.75) is 20.4 Å². The molecule has 0 unspecified atom stereocenters. The predicted octanol–water partition coefficient (Wildman–Crippen LogP) is 4.06. The van der Waals surface area contributed by atoms with E-state index in [9.17, 15) is 0 Å². The van der Waals surface area contributed by atoms with Gasteiger partial charge in [-0.15, -0.1) is 11.3 Å². The van der Waals surface area contributed by atoms with Gasteiger partial charge in [-0.25, -0.2) is 15.0 Å². The van der Waals surface area contributed by atoms with Crippen LogP contribution in [0.2, 0.25) is 0 Å². The molecule has 0 radical (unpaired) electrons. The molecule has 0 spiro atoms. The van der Waals surface area contributed by atoms with Gasteiger partial charge in [0, 0.05) is 25.1 Å². The van der Waals surface area contributed by atoms with Gasteiger partial charge in [-0.3, -0.25) is 4.68 Å². The van der Waals surface area contributed by atoms with Crippen LogP contribution in [0.1, 0.15) is 16.3 Å². The molecule has 0 aliphatic carbocycles. The lowest BCUT2D eigenvalue weighted by Crippen LogP contribution is -2.00. The Morgan fingerprint density at radius 3 is 2.70 bits per heavy atom. The normalized spacial score (nSPS) is 11.7. The molecule has 1 aromatic carbocycles. The molecule has 5 rings (SSSR count). The largest absolute Gasteiger partial charge is 0.345 e. The third-order valence-corrected chi connectivity index (χ3v) is 5.83. The Kier molecular flexibility index (Phi) is 3.58. The van der Waals surface area contributed by atoms with Crippen molar-refractivity contribution in [2.75, 3.05) is 0 Å². The summed E-state index contributed by atoms with van der Waals surface area (Å²) in [6.07, 6.45) is 5.89. The first kappa shape index (κ1) is 16.1. The number of hydrogen-bond donors (Lipinski definition) is 0. The molecule has 0 saturated heterocycles. The summed E-state index contributed by atoms with van der Waals surface area (Å²) in [5.74, 6) is 0.726. The average molecular weight is 374 g/mol. The molecule has 6 nitrogen and oxygen atoms in total. The van der Waals surface area contributed by atoms with Crippen LogP contribution >= 0.6 is 11.3 Å². The van der Waals surface area contributed by atoms with Crippen LogP contribution in [0.25, 0.3) is 33.0 Å².